The molecule has 0 bridgehead atoms. The molecule has 0 aliphatic carbocycles. The summed E-state index contributed by atoms with van der Waals surface area (Å²) >= 11 is 0. The standard InChI is InChI=1S/C21H23FN2O3/c1-24-12-11-18(14-24)27-19-9-3-15(13-20(19)26-2)4-10-21(25)23-17-7-5-16(22)6-8-17/h3-10,13,18H,11-12,14H2,1-2H3,(H,23,25)/b10-4+. The molecule has 1 amide bonds. The molecule has 2 aromatic rings. The number of halogens is 1. The number of likely N-dealkylation sites (N-methyl/N-ethyl adjacent to an activating group) is 1. The van der Waals surface area contributed by atoms with Gasteiger partial charge >= 0.3 is 0 Å². The fourth-order valence-corrected chi connectivity index (χ4v) is 2.94. The summed E-state index contributed by atoms with van der Waals surface area (Å²) in [6, 6.07) is 11.2. The number of carbonyl (C=O) groups excluding carboxylic acids is 1. The molecule has 1 saturated heterocycles. The highest BCUT2D eigenvalue weighted by atomic mass is 19.1. The van der Waals surface area contributed by atoms with Gasteiger partial charge in [0.15, 0.2) is 11.5 Å². The number of hydrogen-bond donors (Lipinski definition) is 1. The summed E-state index contributed by atoms with van der Waals surface area (Å²) in [6.45, 7) is 1.92. The monoisotopic (exact) mass is 370 g/mol. The van der Waals surface area contributed by atoms with Crippen LogP contribution in [0.4, 0.5) is 10.1 Å². The first kappa shape index (κ1) is 18.9. The van der Waals surface area contributed by atoms with Crippen molar-refractivity contribution >= 4 is 17.7 Å². The summed E-state index contributed by atoms with van der Waals surface area (Å²) < 4.78 is 24.4. The van der Waals surface area contributed by atoms with Gasteiger partial charge in [-0.25, -0.2) is 4.39 Å². The smallest absolute Gasteiger partial charge is 0.248 e. The van der Waals surface area contributed by atoms with E-state index < -0.39 is 0 Å². The van der Waals surface area contributed by atoms with Crippen LogP contribution in [0, 0.1) is 5.82 Å². The summed E-state index contributed by atoms with van der Waals surface area (Å²) in [4.78, 5) is 14.2. The third-order valence-corrected chi connectivity index (χ3v) is 4.37. The van der Waals surface area contributed by atoms with Crippen molar-refractivity contribution in [1.29, 1.82) is 0 Å². The van der Waals surface area contributed by atoms with Crippen LogP contribution in [-0.4, -0.2) is 44.2 Å². The van der Waals surface area contributed by atoms with Crippen molar-refractivity contribution in [2.24, 2.45) is 0 Å². The van der Waals surface area contributed by atoms with Crippen LogP contribution in [0.25, 0.3) is 6.08 Å². The number of nitrogens with zero attached hydrogens (tertiary/aromatic N) is 1. The van der Waals surface area contributed by atoms with Crippen LogP contribution in [0.1, 0.15) is 12.0 Å². The summed E-state index contributed by atoms with van der Waals surface area (Å²) in [5, 5.41) is 2.68. The third-order valence-electron chi connectivity index (χ3n) is 4.37. The van der Waals surface area contributed by atoms with Gasteiger partial charge in [-0.2, -0.15) is 0 Å². The molecule has 0 radical (unpaired) electrons. The van der Waals surface area contributed by atoms with E-state index in [0.717, 1.165) is 25.1 Å². The van der Waals surface area contributed by atoms with Crippen LogP contribution in [0.15, 0.2) is 48.5 Å². The second kappa shape index (κ2) is 8.68. The second-order valence-corrected chi connectivity index (χ2v) is 6.53. The van der Waals surface area contributed by atoms with E-state index in [4.69, 9.17) is 9.47 Å². The zero-order valence-electron chi connectivity index (χ0n) is 15.4. The molecule has 1 heterocycles. The lowest BCUT2D eigenvalue weighted by atomic mass is 10.2. The number of methoxy groups -OCH3 is 1. The molecule has 5 nitrogen and oxygen atoms in total. The van der Waals surface area contributed by atoms with Crippen molar-refractivity contribution in [3.63, 3.8) is 0 Å². The topological polar surface area (TPSA) is 50.8 Å². The summed E-state index contributed by atoms with van der Waals surface area (Å²) in [5.74, 6) is 0.688. The Labute approximate surface area is 158 Å². The molecule has 1 aliphatic rings. The molecule has 1 aliphatic heterocycles. The first-order valence-corrected chi connectivity index (χ1v) is 8.81. The highest BCUT2D eigenvalue weighted by Gasteiger charge is 2.22. The lowest BCUT2D eigenvalue weighted by molar-refractivity contribution is -0.111. The van der Waals surface area contributed by atoms with E-state index >= 15 is 0 Å². The number of benzene rings is 2. The molecule has 0 aromatic heterocycles. The van der Waals surface area contributed by atoms with Gasteiger partial charge in [-0.05, 0) is 61.5 Å². The maximum Gasteiger partial charge on any atom is 0.248 e. The lowest BCUT2D eigenvalue weighted by Gasteiger charge is -2.16. The number of carbonyl (C=O) groups is 1. The van der Waals surface area contributed by atoms with Crippen LogP contribution in [-0.2, 0) is 4.79 Å². The van der Waals surface area contributed by atoms with Crippen LogP contribution < -0.4 is 14.8 Å². The largest absolute Gasteiger partial charge is 0.493 e. The first-order chi connectivity index (χ1) is 13.0. The Morgan fingerprint density at radius 1 is 1.22 bits per heavy atom. The summed E-state index contributed by atoms with van der Waals surface area (Å²) in [6.07, 6.45) is 4.26. The Morgan fingerprint density at radius 3 is 2.67 bits per heavy atom. The predicted molar refractivity (Wildman–Crippen MR) is 104 cm³/mol. The zero-order valence-corrected chi connectivity index (χ0v) is 15.4. The number of nitrogens with one attached hydrogen (secondary N) is 1. The van der Waals surface area contributed by atoms with Crippen LogP contribution in [0.5, 0.6) is 11.5 Å². The first-order valence-electron chi connectivity index (χ1n) is 8.81. The molecule has 27 heavy (non-hydrogen) atoms. The Balaban J connectivity index is 1.63. The Hall–Kier alpha value is -2.86. The molecular weight excluding hydrogens is 347 g/mol. The summed E-state index contributed by atoms with van der Waals surface area (Å²) in [7, 11) is 3.67. The number of likely N-dealkylation sites (tertiary alicyclic amines) is 1. The van der Waals surface area contributed by atoms with Gasteiger partial charge < -0.3 is 19.7 Å². The second-order valence-electron chi connectivity index (χ2n) is 6.53. The van der Waals surface area contributed by atoms with E-state index in [1.54, 1.807) is 13.2 Å². The van der Waals surface area contributed by atoms with Crippen molar-refractivity contribution in [3.05, 3.63) is 59.9 Å². The van der Waals surface area contributed by atoms with Crippen molar-refractivity contribution in [3.8, 4) is 11.5 Å². The molecule has 1 unspecified atom stereocenters. The van der Waals surface area contributed by atoms with E-state index in [1.165, 1.54) is 30.3 Å². The maximum absolute atomic E-state index is 12.9. The Morgan fingerprint density at radius 2 is 2.00 bits per heavy atom. The Kier molecular flexibility index (Phi) is 6.08. The quantitative estimate of drug-likeness (QED) is 0.790. The number of rotatable bonds is 6. The van der Waals surface area contributed by atoms with E-state index in [1.807, 2.05) is 18.2 Å². The fraction of sp³-hybridized carbons (Fsp3) is 0.286. The molecule has 1 fully saturated rings. The third kappa shape index (κ3) is 5.31. The molecule has 142 valence electrons. The minimum absolute atomic E-state index is 0.159. The SMILES string of the molecule is COc1cc(/C=C/C(=O)Nc2ccc(F)cc2)ccc1OC1CCN(C)C1. The summed E-state index contributed by atoms with van der Waals surface area (Å²) in [5.41, 5.74) is 1.35. The molecule has 1 N–H and O–H groups in total. The van der Waals surface area contributed by atoms with E-state index in [0.29, 0.717) is 17.2 Å². The molecule has 6 heteroatoms. The fourth-order valence-electron chi connectivity index (χ4n) is 2.94. The van der Waals surface area contributed by atoms with Crippen LogP contribution in [0.2, 0.25) is 0 Å². The maximum atomic E-state index is 12.9. The van der Waals surface area contributed by atoms with Gasteiger partial charge in [0.1, 0.15) is 11.9 Å². The number of amides is 1. The van der Waals surface area contributed by atoms with Crippen LogP contribution in [0.3, 0.4) is 0 Å². The molecular formula is C21H23FN2O3. The van der Waals surface area contributed by atoms with Gasteiger partial charge in [0, 0.05) is 24.9 Å². The van der Waals surface area contributed by atoms with E-state index in [2.05, 4.69) is 17.3 Å². The normalized spacial score (nSPS) is 17.2. The number of anilines is 1. The molecule has 2 aromatic carbocycles. The van der Waals surface area contributed by atoms with Crippen molar-refractivity contribution in [2.45, 2.75) is 12.5 Å². The lowest BCUT2D eigenvalue weighted by Crippen LogP contribution is -2.21. The average Bonchev–Trinajstić information content (AvgIpc) is 3.07. The number of hydrogen-bond acceptors (Lipinski definition) is 4. The molecule has 1 atom stereocenters. The van der Waals surface area contributed by atoms with Crippen molar-refractivity contribution in [1.82, 2.24) is 4.90 Å². The Bertz CT molecular complexity index is 821. The minimum atomic E-state index is -0.345. The highest BCUT2D eigenvalue weighted by molar-refractivity contribution is 6.01. The van der Waals surface area contributed by atoms with Gasteiger partial charge in [0.2, 0.25) is 5.91 Å². The number of ether oxygens (including phenoxy) is 2. The molecule has 0 spiro atoms. The van der Waals surface area contributed by atoms with Crippen molar-refractivity contribution in [2.75, 3.05) is 32.6 Å². The van der Waals surface area contributed by atoms with Gasteiger partial charge in [-0.1, -0.05) is 6.07 Å². The van der Waals surface area contributed by atoms with Gasteiger partial charge in [-0.3, -0.25) is 4.79 Å². The predicted octanol–water partition coefficient (Wildman–Crippen LogP) is 3.57. The minimum Gasteiger partial charge on any atom is -0.493 e. The average molecular weight is 370 g/mol. The highest BCUT2D eigenvalue weighted by Crippen LogP contribution is 2.30. The van der Waals surface area contributed by atoms with Gasteiger partial charge in [0.25, 0.3) is 0 Å². The van der Waals surface area contributed by atoms with E-state index in [9.17, 15) is 9.18 Å². The van der Waals surface area contributed by atoms with Crippen molar-refractivity contribution < 1.29 is 18.7 Å². The zero-order chi connectivity index (χ0) is 19.2. The molecule has 3 rings (SSSR count). The van der Waals surface area contributed by atoms with E-state index in [-0.39, 0.29) is 17.8 Å². The van der Waals surface area contributed by atoms with Gasteiger partial charge in [-0.15, -0.1) is 0 Å². The van der Waals surface area contributed by atoms with Gasteiger partial charge in [0.05, 0.1) is 7.11 Å². The van der Waals surface area contributed by atoms with Crippen LogP contribution >= 0.6 is 0 Å². The molecule has 0 saturated carbocycles.